The third kappa shape index (κ3) is 5.67. The Morgan fingerprint density at radius 1 is 0.808 bits per heavy atom. The topological polar surface area (TPSA) is 164 Å². The van der Waals surface area contributed by atoms with Crippen LogP contribution in [0, 0.1) is 20.2 Å². The van der Waals surface area contributed by atoms with E-state index in [2.05, 4.69) is 19.9 Å². The summed E-state index contributed by atoms with van der Waals surface area (Å²) < 4.78 is 0. The fourth-order valence-corrected chi connectivity index (χ4v) is 2.97. The summed E-state index contributed by atoms with van der Waals surface area (Å²) in [6.07, 6.45) is 3.44. The molecular formula is C10H8Cl3N7O4S2. The molecule has 0 aliphatic carbocycles. The molecule has 0 saturated carbocycles. The smallest absolute Gasteiger partial charge is 0.348 e. The third-order valence-electron chi connectivity index (χ3n) is 2.36. The fraction of sp³-hybridized carbons (Fsp3) is 0.200. The summed E-state index contributed by atoms with van der Waals surface area (Å²) in [5, 5.41) is 20.7. The van der Waals surface area contributed by atoms with Gasteiger partial charge in [-0.2, -0.15) is 4.98 Å². The van der Waals surface area contributed by atoms with Gasteiger partial charge in [-0.05, 0) is 12.5 Å². The van der Waals surface area contributed by atoms with Gasteiger partial charge in [0.2, 0.25) is 21.3 Å². The van der Waals surface area contributed by atoms with Crippen molar-refractivity contribution < 1.29 is 9.85 Å². The maximum atomic E-state index is 10.4. The molecule has 0 bridgehead atoms. The van der Waals surface area contributed by atoms with E-state index in [1.807, 2.05) is 0 Å². The summed E-state index contributed by atoms with van der Waals surface area (Å²) in [6.45, 7) is 0. The molecule has 0 fully saturated rings. The van der Waals surface area contributed by atoms with Crippen LogP contribution in [0.3, 0.4) is 0 Å². The first-order chi connectivity index (χ1) is 12.1. The number of rotatable bonds is 4. The molecule has 0 atom stereocenters. The maximum absolute atomic E-state index is 10.4. The minimum Gasteiger partial charge on any atom is -0.378 e. The van der Waals surface area contributed by atoms with E-state index in [-0.39, 0.29) is 21.3 Å². The third-order valence-corrected chi connectivity index (χ3v) is 4.24. The number of halogens is 3. The Bertz CT molecular complexity index is 742. The lowest BCUT2D eigenvalue weighted by atomic mass is 10.5. The zero-order valence-electron chi connectivity index (χ0n) is 12.8. The molecule has 2 rings (SSSR count). The predicted molar refractivity (Wildman–Crippen MR) is 100 cm³/mol. The van der Waals surface area contributed by atoms with E-state index in [1.165, 1.54) is 23.5 Å². The summed E-state index contributed by atoms with van der Waals surface area (Å²) in [4.78, 5) is 34.0. The van der Waals surface area contributed by atoms with Crippen molar-refractivity contribution in [1.29, 1.82) is 0 Å². The molecule has 0 saturated heterocycles. The van der Waals surface area contributed by atoms with Gasteiger partial charge in [0.25, 0.3) is 0 Å². The van der Waals surface area contributed by atoms with Crippen LogP contribution < -0.4 is 5.73 Å². The second kappa shape index (κ2) is 9.87. The fourth-order valence-electron chi connectivity index (χ4n) is 1.31. The molecule has 2 N–H and O–H groups in total. The number of nitrogens with two attached hydrogens (primary N) is 1. The Morgan fingerprint density at radius 3 is 1.46 bits per heavy atom. The molecular weight excluding hydrogens is 453 g/mol. The van der Waals surface area contributed by atoms with Gasteiger partial charge in [-0.15, -0.1) is 0 Å². The van der Waals surface area contributed by atoms with Gasteiger partial charge in [0.05, 0.1) is 9.85 Å². The number of nitro groups is 2. The van der Waals surface area contributed by atoms with Crippen LogP contribution in [0.25, 0.3) is 0 Å². The van der Waals surface area contributed by atoms with E-state index in [0.29, 0.717) is 10.3 Å². The van der Waals surface area contributed by atoms with E-state index in [9.17, 15) is 20.2 Å². The van der Waals surface area contributed by atoms with Gasteiger partial charge in [-0.25, -0.2) is 15.0 Å². The van der Waals surface area contributed by atoms with Crippen molar-refractivity contribution in [3.05, 3.63) is 35.7 Å². The summed E-state index contributed by atoms with van der Waals surface area (Å²) in [6, 6.07) is 0. The van der Waals surface area contributed by atoms with Crippen molar-refractivity contribution in [2.45, 2.75) is 10.3 Å². The maximum Gasteiger partial charge on any atom is 0.348 e. The van der Waals surface area contributed by atoms with Crippen LogP contribution in [0.5, 0.6) is 0 Å². The number of anilines is 1. The van der Waals surface area contributed by atoms with Crippen LogP contribution in [-0.4, -0.2) is 42.3 Å². The van der Waals surface area contributed by atoms with Crippen molar-refractivity contribution in [3.8, 4) is 0 Å². The van der Waals surface area contributed by atoms with Gasteiger partial charge in [-0.1, -0.05) is 58.3 Å². The number of nitrogens with zero attached hydrogens (tertiary/aromatic N) is 6. The average Bonchev–Trinajstić information content (AvgIpc) is 2.53. The number of thioether (sulfide) groups is 2. The minimum atomic E-state index is -0.714. The number of hydrogen-bond acceptors (Lipinski definition) is 11. The van der Waals surface area contributed by atoms with Crippen LogP contribution in [0.1, 0.15) is 0 Å². The quantitative estimate of drug-likeness (QED) is 0.232. The number of aromatic nitrogens is 4. The van der Waals surface area contributed by atoms with Gasteiger partial charge in [0.1, 0.15) is 0 Å². The first-order valence-corrected chi connectivity index (χ1v) is 9.63. The molecule has 0 spiro atoms. The molecule has 0 unspecified atom stereocenters. The van der Waals surface area contributed by atoms with Crippen LogP contribution >= 0.6 is 58.3 Å². The van der Waals surface area contributed by atoms with Crippen molar-refractivity contribution in [2.75, 3.05) is 18.2 Å². The second-order valence-corrected chi connectivity index (χ2v) is 6.51. The molecule has 0 amide bonds. The molecule has 0 radical (unpaired) electrons. The van der Waals surface area contributed by atoms with E-state index in [0.717, 1.165) is 0 Å². The second-order valence-electron chi connectivity index (χ2n) is 3.89. The largest absolute Gasteiger partial charge is 0.378 e. The molecule has 0 aromatic carbocycles. The summed E-state index contributed by atoms with van der Waals surface area (Å²) in [5.74, 6) is -0.214. The molecule has 2 heterocycles. The molecule has 26 heavy (non-hydrogen) atoms. The van der Waals surface area contributed by atoms with E-state index in [1.54, 1.807) is 12.5 Å². The lowest BCUT2D eigenvalue weighted by molar-refractivity contribution is -0.385. The Kier molecular flexibility index (Phi) is 8.49. The standard InChI is InChI=1S/C5H3Cl2N3O2S.C5H5ClN4O2S/c2*1-13-5-8-3(6)2(10(11)12)4(7)9-5/h1H3;1H3,(H2,7,8,9). The Labute approximate surface area is 169 Å². The number of hydrogen-bond donors (Lipinski definition) is 1. The van der Waals surface area contributed by atoms with E-state index >= 15 is 0 Å². The van der Waals surface area contributed by atoms with Gasteiger partial charge in [0, 0.05) is 0 Å². The summed E-state index contributed by atoms with van der Waals surface area (Å²) in [5.41, 5.74) is 4.41. The number of nitrogen functional groups attached to an aromatic ring is 1. The molecule has 140 valence electrons. The lowest BCUT2D eigenvalue weighted by Crippen LogP contribution is -2.02. The van der Waals surface area contributed by atoms with E-state index in [4.69, 9.17) is 40.5 Å². The zero-order chi connectivity index (χ0) is 20.0. The van der Waals surface area contributed by atoms with Crippen LogP contribution in [-0.2, 0) is 0 Å². The van der Waals surface area contributed by atoms with Crippen molar-refractivity contribution in [3.63, 3.8) is 0 Å². The Morgan fingerprint density at radius 2 is 1.15 bits per heavy atom. The zero-order valence-corrected chi connectivity index (χ0v) is 16.7. The van der Waals surface area contributed by atoms with Crippen LogP contribution in [0.15, 0.2) is 10.3 Å². The minimum absolute atomic E-state index is 0.214. The monoisotopic (exact) mass is 459 g/mol. The first-order valence-electron chi connectivity index (χ1n) is 6.05. The summed E-state index contributed by atoms with van der Waals surface area (Å²) in [7, 11) is 0. The SMILES string of the molecule is CSc1nc(Cl)c([N+](=O)[O-])c(Cl)n1.CSc1nc(N)c([N+](=O)[O-])c(Cl)n1. The van der Waals surface area contributed by atoms with E-state index < -0.39 is 21.2 Å². The Balaban J connectivity index is 0.000000260. The highest BCUT2D eigenvalue weighted by Crippen LogP contribution is 2.31. The Hall–Kier alpha value is -1.67. The highest BCUT2D eigenvalue weighted by Gasteiger charge is 2.22. The summed E-state index contributed by atoms with van der Waals surface area (Å²) >= 11 is 19.0. The molecule has 2 aromatic rings. The van der Waals surface area contributed by atoms with Gasteiger partial charge < -0.3 is 5.73 Å². The average molecular weight is 461 g/mol. The van der Waals surface area contributed by atoms with Crippen molar-refractivity contribution >= 4 is 75.5 Å². The molecule has 16 heteroatoms. The van der Waals surface area contributed by atoms with Gasteiger partial charge >= 0.3 is 11.4 Å². The molecule has 2 aromatic heterocycles. The normalized spacial score (nSPS) is 10.0. The van der Waals surface area contributed by atoms with Crippen molar-refractivity contribution in [2.24, 2.45) is 0 Å². The lowest BCUT2D eigenvalue weighted by Gasteiger charge is -1.99. The van der Waals surface area contributed by atoms with Crippen LogP contribution in [0.2, 0.25) is 15.5 Å². The van der Waals surface area contributed by atoms with Crippen molar-refractivity contribution in [1.82, 2.24) is 19.9 Å². The predicted octanol–water partition coefficient (Wildman–Crippen LogP) is 3.76. The molecule has 11 nitrogen and oxygen atoms in total. The van der Waals surface area contributed by atoms with Crippen LogP contribution in [0.4, 0.5) is 17.2 Å². The molecule has 0 aliphatic rings. The van der Waals surface area contributed by atoms with Gasteiger partial charge in [0.15, 0.2) is 10.3 Å². The first kappa shape index (κ1) is 22.4. The molecule has 0 aliphatic heterocycles. The highest BCUT2D eigenvalue weighted by molar-refractivity contribution is 7.98. The van der Waals surface area contributed by atoms with Gasteiger partial charge in [-0.3, -0.25) is 20.2 Å². The highest BCUT2D eigenvalue weighted by atomic mass is 35.5.